The Morgan fingerprint density at radius 1 is 1.25 bits per heavy atom. The molecule has 2 rings (SSSR count). The quantitative estimate of drug-likeness (QED) is 0.584. The molecule has 1 unspecified atom stereocenters. The molecule has 0 spiro atoms. The van der Waals surface area contributed by atoms with E-state index >= 15 is 0 Å². The van der Waals surface area contributed by atoms with E-state index in [1.54, 1.807) is 30.4 Å². The molecule has 0 fully saturated rings. The number of esters is 1. The van der Waals surface area contributed by atoms with E-state index in [4.69, 9.17) is 9.47 Å². The second-order valence-electron chi connectivity index (χ2n) is 4.71. The van der Waals surface area contributed by atoms with Crippen LogP contribution in [-0.2, 0) is 19.1 Å². The summed E-state index contributed by atoms with van der Waals surface area (Å²) in [5, 5.41) is 0. The topological polar surface area (TPSA) is 52.6 Å². The normalized spacial score (nSPS) is 24.4. The molecule has 4 nitrogen and oxygen atoms in total. The van der Waals surface area contributed by atoms with Crippen LogP contribution in [0, 0.1) is 5.41 Å². The van der Waals surface area contributed by atoms with Crippen LogP contribution in [-0.4, -0.2) is 26.0 Å². The van der Waals surface area contributed by atoms with Gasteiger partial charge in [0.1, 0.15) is 5.76 Å². The lowest BCUT2D eigenvalue weighted by atomic mass is 9.79. The maximum Gasteiger partial charge on any atom is 0.328 e. The molecule has 2 aliphatic carbocycles. The van der Waals surface area contributed by atoms with Crippen molar-refractivity contribution in [3.63, 3.8) is 0 Å². The lowest BCUT2D eigenvalue weighted by Crippen LogP contribution is -2.37. The van der Waals surface area contributed by atoms with Crippen molar-refractivity contribution in [2.45, 2.75) is 19.8 Å². The number of allylic oxidation sites excluding steroid dienone is 6. The van der Waals surface area contributed by atoms with Gasteiger partial charge in [-0.25, -0.2) is 0 Å². The number of rotatable bonds is 4. The maximum absolute atomic E-state index is 12.8. The van der Waals surface area contributed by atoms with Gasteiger partial charge in [-0.1, -0.05) is 43.7 Å². The highest BCUT2D eigenvalue weighted by molar-refractivity contribution is 6.20. The van der Waals surface area contributed by atoms with Crippen molar-refractivity contribution < 1.29 is 19.1 Å². The molecule has 0 N–H and O–H groups in total. The molecular formula is C16H18O4. The summed E-state index contributed by atoms with van der Waals surface area (Å²) in [4.78, 5) is 25.1. The third-order valence-corrected chi connectivity index (χ3v) is 3.62. The Hall–Kier alpha value is -2.10. The van der Waals surface area contributed by atoms with Gasteiger partial charge in [-0.05, 0) is 6.42 Å². The molecular weight excluding hydrogens is 256 g/mol. The van der Waals surface area contributed by atoms with Gasteiger partial charge in [0.25, 0.3) is 0 Å². The zero-order valence-electron chi connectivity index (χ0n) is 11.9. The second kappa shape index (κ2) is 5.49. The van der Waals surface area contributed by atoms with Crippen molar-refractivity contribution in [3.8, 4) is 0 Å². The molecule has 0 amide bonds. The van der Waals surface area contributed by atoms with Crippen LogP contribution in [0.2, 0.25) is 0 Å². The van der Waals surface area contributed by atoms with Crippen LogP contribution < -0.4 is 0 Å². The smallest absolute Gasteiger partial charge is 0.328 e. The van der Waals surface area contributed by atoms with Crippen molar-refractivity contribution in [3.05, 3.63) is 47.3 Å². The number of methoxy groups -OCH3 is 2. The first-order valence-corrected chi connectivity index (χ1v) is 6.60. The van der Waals surface area contributed by atoms with E-state index in [0.717, 1.165) is 6.42 Å². The highest BCUT2D eigenvalue weighted by atomic mass is 16.5. The third-order valence-electron chi connectivity index (χ3n) is 3.62. The molecule has 0 saturated heterocycles. The number of hydrogen-bond acceptors (Lipinski definition) is 4. The number of carbonyl (C=O) groups is 2. The fourth-order valence-corrected chi connectivity index (χ4v) is 2.74. The van der Waals surface area contributed by atoms with Crippen LogP contribution in [0.4, 0.5) is 0 Å². The lowest BCUT2D eigenvalue weighted by Gasteiger charge is -2.23. The predicted octanol–water partition coefficient (Wildman–Crippen LogP) is 2.48. The first-order valence-electron chi connectivity index (χ1n) is 6.60. The van der Waals surface area contributed by atoms with Gasteiger partial charge in [0.2, 0.25) is 0 Å². The number of fused-ring (bicyclic) bond motifs is 1. The summed E-state index contributed by atoms with van der Waals surface area (Å²) in [6.45, 7) is 1.98. The number of hydrogen-bond donors (Lipinski definition) is 0. The van der Waals surface area contributed by atoms with E-state index in [1.807, 2.05) is 6.92 Å². The standard InChI is InChI=1S/C16H18O4/c1-4-8-11-13(19-2)12-9-6-5-7-10-16(12,14(11)17)15(18)20-3/h5-7,9-10H,4,8H2,1-3H3. The van der Waals surface area contributed by atoms with Gasteiger partial charge in [0, 0.05) is 11.1 Å². The maximum atomic E-state index is 12.8. The summed E-state index contributed by atoms with van der Waals surface area (Å²) in [5.41, 5.74) is -0.273. The molecule has 0 aromatic rings. The minimum Gasteiger partial charge on any atom is -0.496 e. The van der Waals surface area contributed by atoms with Gasteiger partial charge < -0.3 is 9.47 Å². The largest absolute Gasteiger partial charge is 0.496 e. The molecule has 0 aromatic carbocycles. The Morgan fingerprint density at radius 2 is 2.00 bits per heavy atom. The summed E-state index contributed by atoms with van der Waals surface area (Å²) in [6, 6.07) is 0. The lowest BCUT2D eigenvalue weighted by molar-refractivity contribution is -0.150. The molecule has 0 heterocycles. The van der Waals surface area contributed by atoms with E-state index in [0.29, 0.717) is 23.3 Å². The molecule has 0 bridgehead atoms. The van der Waals surface area contributed by atoms with Gasteiger partial charge in [-0.15, -0.1) is 0 Å². The minimum atomic E-state index is -1.39. The van der Waals surface area contributed by atoms with Gasteiger partial charge in [0.15, 0.2) is 11.2 Å². The van der Waals surface area contributed by atoms with Crippen LogP contribution in [0.5, 0.6) is 0 Å². The number of carbonyl (C=O) groups excluding carboxylic acids is 2. The molecule has 4 heteroatoms. The minimum absolute atomic E-state index is 0.241. The third kappa shape index (κ3) is 1.83. The Kier molecular flexibility index (Phi) is 3.93. The average Bonchev–Trinajstić information content (AvgIpc) is 2.62. The van der Waals surface area contributed by atoms with Crippen molar-refractivity contribution in [2.24, 2.45) is 5.41 Å². The summed E-state index contributed by atoms with van der Waals surface area (Å²) in [7, 11) is 2.81. The fraction of sp³-hybridized carbons (Fsp3) is 0.375. The van der Waals surface area contributed by atoms with Crippen LogP contribution in [0.1, 0.15) is 19.8 Å². The highest BCUT2D eigenvalue weighted by Crippen LogP contribution is 2.48. The Morgan fingerprint density at radius 3 is 2.60 bits per heavy atom. The number of ether oxygens (including phenoxy) is 2. The molecule has 20 heavy (non-hydrogen) atoms. The zero-order valence-corrected chi connectivity index (χ0v) is 11.9. The number of ketones is 1. The van der Waals surface area contributed by atoms with E-state index in [1.165, 1.54) is 14.2 Å². The van der Waals surface area contributed by atoms with Crippen molar-refractivity contribution in [1.82, 2.24) is 0 Å². The van der Waals surface area contributed by atoms with E-state index < -0.39 is 11.4 Å². The first-order chi connectivity index (χ1) is 9.63. The predicted molar refractivity (Wildman–Crippen MR) is 74.8 cm³/mol. The van der Waals surface area contributed by atoms with Crippen molar-refractivity contribution in [1.29, 1.82) is 0 Å². The van der Waals surface area contributed by atoms with Crippen LogP contribution in [0.15, 0.2) is 47.3 Å². The SMILES string of the molecule is CCCC1=C(OC)C2=CC=CC=CC2(C(=O)OC)C1=O. The molecule has 0 radical (unpaired) electrons. The van der Waals surface area contributed by atoms with Gasteiger partial charge in [0.05, 0.1) is 14.2 Å². The Bertz CT molecular complexity index is 563. The van der Waals surface area contributed by atoms with E-state index in [-0.39, 0.29) is 5.78 Å². The van der Waals surface area contributed by atoms with E-state index in [2.05, 4.69) is 0 Å². The highest BCUT2D eigenvalue weighted by Gasteiger charge is 2.56. The number of Topliss-reactive ketones (excluding diaryl/α,β-unsaturated/α-hetero) is 1. The Labute approximate surface area is 118 Å². The summed E-state index contributed by atoms with van der Waals surface area (Å²) in [5.74, 6) is -0.318. The molecule has 0 aliphatic heterocycles. The van der Waals surface area contributed by atoms with Crippen molar-refractivity contribution >= 4 is 11.8 Å². The van der Waals surface area contributed by atoms with Gasteiger partial charge >= 0.3 is 5.97 Å². The van der Waals surface area contributed by atoms with E-state index in [9.17, 15) is 9.59 Å². The average molecular weight is 274 g/mol. The van der Waals surface area contributed by atoms with Crippen LogP contribution >= 0.6 is 0 Å². The van der Waals surface area contributed by atoms with Crippen LogP contribution in [0.25, 0.3) is 0 Å². The second-order valence-corrected chi connectivity index (χ2v) is 4.71. The summed E-state index contributed by atoms with van der Waals surface area (Å²) >= 11 is 0. The monoisotopic (exact) mass is 274 g/mol. The molecule has 1 atom stereocenters. The molecule has 0 aromatic heterocycles. The Balaban J connectivity index is 2.67. The molecule has 2 aliphatic rings. The van der Waals surface area contributed by atoms with Crippen LogP contribution in [0.3, 0.4) is 0 Å². The summed E-state index contributed by atoms with van der Waals surface area (Å²) in [6.07, 6.45) is 9.98. The zero-order chi connectivity index (χ0) is 14.8. The first kappa shape index (κ1) is 14.3. The van der Waals surface area contributed by atoms with Gasteiger partial charge in [-0.2, -0.15) is 0 Å². The summed E-state index contributed by atoms with van der Waals surface area (Å²) < 4.78 is 10.3. The fourth-order valence-electron chi connectivity index (χ4n) is 2.74. The van der Waals surface area contributed by atoms with Crippen molar-refractivity contribution in [2.75, 3.05) is 14.2 Å². The molecule has 0 saturated carbocycles. The van der Waals surface area contributed by atoms with Gasteiger partial charge in [-0.3, -0.25) is 9.59 Å². The molecule has 106 valence electrons.